The van der Waals surface area contributed by atoms with E-state index in [4.69, 9.17) is 23.2 Å². The molecule has 1 heterocycles. The van der Waals surface area contributed by atoms with Gasteiger partial charge in [0.1, 0.15) is 5.82 Å². The van der Waals surface area contributed by atoms with Gasteiger partial charge >= 0.3 is 0 Å². The molecule has 2 unspecified atom stereocenters. The molecule has 0 aliphatic rings. The van der Waals surface area contributed by atoms with Crippen LogP contribution >= 0.6 is 23.2 Å². The number of aromatic amines is 1. The highest BCUT2D eigenvalue weighted by Gasteiger charge is 2.15. The van der Waals surface area contributed by atoms with Gasteiger partial charge in [0.05, 0.1) is 27.0 Å². The second kappa shape index (κ2) is 6.93. The van der Waals surface area contributed by atoms with Gasteiger partial charge in [-0.1, -0.05) is 41.4 Å². The molecule has 0 amide bonds. The Morgan fingerprint density at radius 1 is 1.04 bits per heavy atom. The van der Waals surface area contributed by atoms with E-state index in [1.165, 1.54) is 0 Å². The number of halogens is 2. The van der Waals surface area contributed by atoms with E-state index in [2.05, 4.69) is 15.3 Å². The standard InChI is InChI=1S/C18H17Cl2N3O/c1-10(12-7-8-14(19)15(20)9-12)21-11(2)17-22-16-6-4-3-5-13(16)18(24)23-17/h3-11,21H,1-2H3,(H,22,23,24). The van der Waals surface area contributed by atoms with Crippen LogP contribution in [-0.4, -0.2) is 9.97 Å². The first-order chi connectivity index (χ1) is 11.5. The summed E-state index contributed by atoms with van der Waals surface area (Å²) >= 11 is 12.0. The highest BCUT2D eigenvalue weighted by Crippen LogP contribution is 2.26. The summed E-state index contributed by atoms with van der Waals surface area (Å²) in [4.78, 5) is 19.6. The van der Waals surface area contributed by atoms with Gasteiger partial charge in [-0.3, -0.25) is 4.79 Å². The number of nitrogens with one attached hydrogen (secondary N) is 2. The van der Waals surface area contributed by atoms with Crippen LogP contribution < -0.4 is 10.9 Å². The lowest BCUT2D eigenvalue weighted by atomic mass is 10.1. The third-order valence-corrected chi connectivity index (χ3v) is 4.72. The van der Waals surface area contributed by atoms with E-state index in [0.29, 0.717) is 26.8 Å². The number of nitrogens with zero attached hydrogens (tertiary/aromatic N) is 1. The minimum Gasteiger partial charge on any atom is -0.309 e. The Labute approximate surface area is 149 Å². The van der Waals surface area contributed by atoms with Crippen molar-refractivity contribution in [1.82, 2.24) is 15.3 Å². The maximum absolute atomic E-state index is 12.2. The molecule has 0 spiro atoms. The molecule has 1 aromatic heterocycles. The predicted octanol–water partition coefficient (Wildman–Crippen LogP) is 4.64. The number of hydrogen-bond donors (Lipinski definition) is 2. The zero-order valence-corrected chi connectivity index (χ0v) is 14.8. The summed E-state index contributed by atoms with van der Waals surface area (Å²) in [5, 5.41) is 5.06. The Kier molecular flexibility index (Phi) is 4.90. The molecular weight excluding hydrogens is 345 g/mol. The lowest BCUT2D eigenvalue weighted by Gasteiger charge is -2.20. The molecule has 2 atom stereocenters. The molecule has 2 N–H and O–H groups in total. The molecule has 3 rings (SSSR count). The monoisotopic (exact) mass is 361 g/mol. The van der Waals surface area contributed by atoms with E-state index >= 15 is 0 Å². The Hall–Kier alpha value is -1.88. The van der Waals surface area contributed by atoms with Crippen molar-refractivity contribution in [3.63, 3.8) is 0 Å². The second-order valence-electron chi connectivity index (χ2n) is 5.75. The van der Waals surface area contributed by atoms with Gasteiger partial charge in [0.25, 0.3) is 5.56 Å². The van der Waals surface area contributed by atoms with Crippen molar-refractivity contribution < 1.29 is 0 Å². The molecule has 24 heavy (non-hydrogen) atoms. The van der Waals surface area contributed by atoms with E-state index in [-0.39, 0.29) is 17.6 Å². The predicted molar refractivity (Wildman–Crippen MR) is 98.8 cm³/mol. The normalized spacial score (nSPS) is 13.8. The van der Waals surface area contributed by atoms with Crippen molar-refractivity contribution in [2.24, 2.45) is 0 Å². The van der Waals surface area contributed by atoms with Gasteiger partial charge in [-0.05, 0) is 43.7 Å². The zero-order valence-electron chi connectivity index (χ0n) is 13.3. The summed E-state index contributed by atoms with van der Waals surface area (Å²) in [6.07, 6.45) is 0. The summed E-state index contributed by atoms with van der Waals surface area (Å²) < 4.78 is 0. The van der Waals surface area contributed by atoms with E-state index < -0.39 is 0 Å². The Morgan fingerprint density at radius 3 is 2.54 bits per heavy atom. The van der Waals surface area contributed by atoms with Crippen molar-refractivity contribution in [2.45, 2.75) is 25.9 Å². The van der Waals surface area contributed by atoms with Gasteiger partial charge in [0, 0.05) is 6.04 Å². The topological polar surface area (TPSA) is 57.8 Å². The Morgan fingerprint density at radius 2 is 1.79 bits per heavy atom. The molecule has 124 valence electrons. The third-order valence-electron chi connectivity index (χ3n) is 3.98. The first kappa shape index (κ1) is 17.0. The maximum Gasteiger partial charge on any atom is 0.258 e. The largest absolute Gasteiger partial charge is 0.309 e. The van der Waals surface area contributed by atoms with Gasteiger partial charge in [0.15, 0.2) is 0 Å². The summed E-state index contributed by atoms with van der Waals surface area (Å²) in [7, 11) is 0. The van der Waals surface area contributed by atoms with Crippen LogP contribution in [0.4, 0.5) is 0 Å². The summed E-state index contributed by atoms with van der Waals surface area (Å²) in [6.45, 7) is 3.98. The van der Waals surface area contributed by atoms with Crippen molar-refractivity contribution >= 4 is 34.1 Å². The fourth-order valence-electron chi connectivity index (χ4n) is 2.64. The Balaban J connectivity index is 1.85. The van der Waals surface area contributed by atoms with E-state index in [1.807, 2.05) is 44.2 Å². The van der Waals surface area contributed by atoms with Crippen molar-refractivity contribution in [2.75, 3.05) is 0 Å². The number of para-hydroxylation sites is 1. The SMILES string of the molecule is CC(NC(C)c1nc2ccccc2c(=O)[nH]1)c1ccc(Cl)c(Cl)c1. The van der Waals surface area contributed by atoms with Crippen LogP contribution in [0.3, 0.4) is 0 Å². The molecule has 0 aliphatic heterocycles. The van der Waals surface area contributed by atoms with Crippen molar-refractivity contribution in [3.05, 3.63) is 74.3 Å². The molecule has 4 nitrogen and oxygen atoms in total. The number of aromatic nitrogens is 2. The minimum absolute atomic E-state index is 0.0199. The fraction of sp³-hybridized carbons (Fsp3) is 0.222. The van der Waals surface area contributed by atoms with Gasteiger partial charge in [-0.25, -0.2) is 4.98 Å². The van der Waals surface area contributed by atoms with Gasteiger partial charge in [0.2, 0.25) is 0 Å². The molecule has 0 bridgehead atoms. The second-order valence-corrected chi connectivity index (χ2v) is 6.57. The van der Waals surface area contributed by atoms with E-state index in [1.54, 1.807) is 12.1 Å². The van der Waals surface area contributed by atoms with Gasteiger partial charge in [-0.2, -0.15) is 0 Å². The maximum atomic E-state index is 12.2. The molecule has 2 aromatic carbocycles. The van der Waals surface area contributed by atoms with Crippen molar-refractivity contribution in [3.8, 4) is 0 Å². The quantitative estimate of drug-likeness (QED) is 0.711. The number of benzene rings is 2. The molecule has 0 saturated heterocycles. The number of rotatable bonds is 4. The van der Waals surface area contributed by atoms with E-state index in [0.717, 1.165) is 5.56 Å². The highest BCUT2D eigenvalue weighted by atomic mass is 35.5. The highest BCUT2D eigenvalue weighted by molar-refractivity contribution is 6.42. The van der Waals surface area contributed by atoms with Crippen LogP contribution in [0.1, 0.15) is 37.3 Å². The number of hydrogen-bond acceptors (Lipinski definition) is 3. The number of H-pyrrole nitrogens is 1. The first-order valence-electron chi connectivity index (χ1n) is 7.65. The summed E-state index contributed by atoms with van der Waals surface area (Å²) in [5.41, 5.74) is 1.57. The molecule has 0 radical (unpaired) electrons. The third kappa shape index (κ3) is 3.46. The number of fused-ring (bicyclic) bond motifs is 1. The average Bonchev–Trinajstić information content (AvgIpc) is 2.57. The van der Waals surface area contributed by atoms with Crippen LogP contribution in [0.25, 0.3) is 10.9 Å². The lowest BCUT2D eigenvalue weighted by molar-refractivity contribution is 0.477. The fourth-order valence-corrected chi connectivity index (χ4v) is 2.95. The van der Waals surface area contributed by atoms with Crippen LogP contribution in [0.5, 0.6) is 0 Å². The van der Waals surface area contributed by atoms with Crippen LogP contribution in [0.15, 0.2) is 47.3 Å². The zero-order chi connectivity index (χ0) is 17.3. The van der Waals surface area contributed by atoms with Crippen LogP contribution in [-0.2, 0) is 0 Å². The van der Waals surface area contributed by atoms with Crippen molar-refractivity contribution in [1.29, 1.82) is 0 Å². The van der Waals surface area contributed by atoms with Gasteiger partial charge < -0.3 is 10.3 Å². The molecular formula is C18H17Cl2N3O. The molecule has 6 heteroatoms. The van der Waals surface area contributed by atoms with E-state index in [9.17, 15) is 4.79 Å². The average molecular weight is 362 g/mol. The summed E-state index contributed by atoms with van der Waals surface area (Å²) in [5.74, 6) is 0.602. The summed E-state index contributed by atoms with van der Waals surface area (Å²) in [6, 6.07) is 12.7. The smallest absolute Gasteiger partial charge is 0.258 e. The lowest BCUT2D eigenvalue weighted by Crippen LogP contribution is -2.26. The minimum atomic E-state index is -0.133. The molecule has 3 aromatic rings. The Bertz CT molecular complexity index is 939. The van der Waals surface area contributed by atoms with Crippen LogP contribution in [0, 0.1) is 0 Å². The molecule has 0 saturated carbocycles. The molecule has 0 fully saturated rings. The molecule has 0 aliphatic carbocycles. The van der Waals surface area contributed by atoms with Crippen LogP contribution in [0.2, 0.25) is 10.0 Å². The van der Waals surface area contributed by atoms with Gasteiger partial charge in [-0.15, -0.1) is 0 Å². The first-order valence-corrected chi connectivity index (χ1v) is 8.41.